The Morgan fingerprint density at radius 3 is 2.50 bits per heavy atom. The van der Waals surface area contributed by atoms with Crippen LogP contribution in [0, 0.1) is 5.82 Å². The van der Waals surface area contributed by atoms with Gasteiger partial charge in [-0.25, -0.2) is 9.37 Å². The average molecular weight is 411 g/mol. The topological polar surface area (TPSA) is 54.9 Å². The van der Waals surface area contributed by atoms with Crippen LogP contribution in [0.5, 0.6) is 0 Å². The number of carbonyl (C=O) groups is 1. The number of rotatable bonds is 3. The van der Waals surface area contributed by atoms with Crippen molar-refractivity contribution in [1.29, 1.82) is 0 Å². The van der Waals surface area contributed by atoms with Gasteiger partial charge in [0.1, 0.15) is 11.5 Å². The van der Waals surface area contributed by atoms with Crippen molar-refractivity contribution in [2.24, 2.45) is 0 Å². The fourth-order valence-electron chi connectivity index (χ4n) is 2.99. The maximum absolute atomic E-state index is 13.8. The first-order valence-corrected chi connectivity index (χ1v) is 8.81. The number of nitrogens with zero attached hydrogens (tertiary/aromatic N) is 2. The molecule has 0 spiro atoms. The van der Waals surface area contributed by atoms with E-state index in [1.54, 1.807) is 42.5 Å². The van der Waals surface area contributed by atoms with Crippen molar-refractivity contribution in [3.63, 3.8) is 0 Å². The summed E-state index contributed by atoms with van der Waals surface area (Å²) in [4.78, 5) is 20.8. The van der Waals surface area contributed by atoms with Crippen molar-refractivity contribution in [3.05, 3.63) is 90.0 Å². The van der Waals surface area contributed by atoms with Gasteiger partial charge in [0.05, 0.1) is 22.5 Å². The highest BCUT2D eigenvalue weighted by Crippen LogP contribution is 2.33. The Balaban J connectivity index is 1.77. The zero-order valence-electron chi connectivity index (χ0n) is 15.2. The predicted molar refractivity (Wildman–Crippen MR) is 104 cm³/mol. The number of hydrogen-bond acceptors (Lipinski definition) is 3. The Bertz CT molecular complexity index is 1240. The van der Waals surface area contributed by atoms with Crippen LogP contribution < -0.4 is 5.32 Å². The minimum Gasteiger partial charge on any atom is -0.319 e. The summed E-state index contributed by atoms with van der Waals surface area (Å²) in [5.74, 6) is -1.47. The summed E-state index contributed by atoms with van der Waals surface area (Å²) in [6.07, 6.45) is -3.20. The first kappa shape index (κ1) is 19.5. The third-order valence-electron chi connectivity index (χ3n) is 4.39. The molecule has 0 unspecified atom stereocenters. The Morgan fingerprint density at radius 1 is 0.933 bits per heavy atom. The Hall–Kier alpha value is -3.81. The quantitative estimate of drug-likeness (QED) is 0.440. The monoisotopic (exact) mass is 411 g/mol. The van der Waals surface area contributed by atoms with Crippen LogP contribution in [-0.2, 0) is 6.18 Å². The predicted octanol–water partition coefficient (Wildman–Crippen LogP) is 5.71. The molecule has 0 bridgehead atoms. The highest BCUT2D eigenvalue weighted by molar-refractivity contribution is 6.07. The molecule has 0 atom stereocenters. The summed E-state index contributed by atoms with van der Waals surface area (Å²) in [5, 5.41) is 3.37. The van der Waals surface area contributed by atoms with E-state index in [2.05, 4.69) is 15.3 Å². The van der Waals surface area contributed by atoms with E-state index in [0.717, 1.165) is 12.1 Å². The van der Waals surface area contributed by atoms with E-state index in [0.29, 0.717) is 22.7 Å². The molecule has 4 rings (SSSR count). The molecule has 0 fully saturated rings. The maximum atomic E-state index is 13.8. The van der Waals surface area contributed by atoms with Crippen LogP contribution in [0.4, 0.5) is 23.2 Å². The van der Waals surface area contributed by atoms with Gasteiger partial charge in [0.2, 0.25) is 0 Å². The minimum atomic E-state index is -4.69. The highest BCUT2D eigenvalue weighted by atomic mass is 19.4. The molecular formula is C22H13F4N3O. The number of benzene rings is 2. The third kappa shape index (κ3) is 3.98. The van der Waals surface area contributed by atoms with Gasteiger partial charge in [0, 0.05) is 17.1 Å². The van der Waals surface area contributed by atoms with Gasteiger partial charge in [-0.1, -0.05) is 24.3 Å². The van der Waals surface area contributed by atoms with E-state index >= 15 is 0 Å². The smallest absolute Gasteiger partial charge is 0.319 e. The van der Waals surface area contributed by atoms with Crippen molar-refractivity contribution in [2.45, 2.75) is 6.18 Å². The van der Waals surface area contributed by atoms with Gasteiger partial charge >= 0.3 is 6.18 Å². The number of para-hydroxylation sites is 1. The first-order valence-electron chi connectivity index (χ1n) is 8.81. The Morgan fingerprint density at radius 2 is 1.77 bits per heavy atom. The molecule has 0 saturated heterocycles. The first-order chi connectivity index (χ1) is 14.3. The molecule has 0 aliphatic heterocycles. The van der Waals surface area contributed by atoms with Gasteiger partial charge < -0.3 is 5.32 Å². The number of anilines is 1. The lowest BCUT2D eigenvalue weighted by Crippen LogP contribution is -2.13. The standard InChI is InChI=1S/C22H13F4N3O/c23-16-11-14(10-15(12-16)22(24,25)26)17-8-7-13-4-3-6-18(20(13)28-17)29-21(30)19-5-1-2-9-27-19/h1-12H,(H,29,30). The molecule has 150 valence electrons. The number of amides is 1. The van der Waals surface area contributed by atoms with Crippen LogP contribution in [-0.4, -0.2) is 15.9 Å². The van der Waals surface area contributed by atoms with Crippen molar-refractivity contribution in [3.8, 4) is 11.3 Å². The van der Waals surface area contributed by atoms with Crippen LogP contribution in [0.1, 0.15) is 16.1 Å². The Labute approximate surface area is 168 Å². The number of hydrogen-bond donors (Lipinski definition) is 1. The van der Waals surface area contributed by atoms with E-state index in [4.69, 9.17) is 0 Å². The molecule has 0 saturated carbocycles. The van der Waals surface area contributed by atoms with Crippen molar-refractivity contribution < 1.29 is 22.4 Å². The normalized spacial score (nSPS) is 11.5. The minimum absolute atomic E-state index is 0.0184. The van der Waals surface area contributed by atoms with Gasteiger partial charge in [-0.3, -0.25) is 9.78 Å². The fourth-order valence-corrected chi connectivity index (χ4v) is 2.99. The number of alkyl halides is 3. The number of fused-ring (bicyclic) bond motifs is 1. The summed E-state index contributed by atoms with van der Waals surface area (Å²) >= 11 is 0. The number of halogens is 4. The van der Waals surface area contributed by atoms with Crippen LogP contribution in [0.15, 0.2) is 72.9 Å². The van der Waals surface area contributed by atoms with Crippen LogP contribution >= 0.6 is 0 Å². The SMILES string of the molecule is O=C(Nc1cccc2ccc(-c3cc(F)cc(C(F)(F)F)c3)nc12)c1ccccn1. The number of aromatic nitrogens is 2. The summed E-state index contributed by atoms with van der Waals surface area (Å²) in [5.41, 5.74) is -0.0570. The lowest BCUT2D eigenvalue weighted by molar-refractivity contribution is -0.137. The van der Waals surface area contributed by atoms with E-state index < -0.39 is 23.5 Å². The van der Waals surface area contributed by atoms with E-state index in [9.17, 15) is 22.4 Å². The molecule has 2 heterocycles. The zero-order valence-corrected chi connectivity index (χ0v) is 15.2. The van der Waals surface area contributed by atoms with Crippen LogP contribution in [0.25, 0.3) is 22.2 Å². The summed E-state index contributed by atoms with van der Waals surface area (Å²) in [7, 11) is 0. The molecule has 2 aromatic carbocycles. The molecule has 4 aromatic rings. The largest absolute Gasteiger partial charge is 0.416 e. The molecule has 8 heteroatoms. The lowest BCUT2D eigenvalue weighted by Gasteiger charge is -2.11. The van der Waals surface area contributed by atoms with Crippen molar-refractivity contribution in [1.82, 2.24) is 9.97 Å². The number of nitrogens with one attached hydrogen (secondary N) is 1. The summed E-state index contributed by atoms with van der Waals surface area (Å²) < 4.78 is 52.9. The number of pyridine rings is 2. The fraction of sp³-hybridized carbons (Fsp3) is 0.0455. The second-order valence-corrected chi connectivity index (χ2v) is 6.47. The number of carbonyl (C=O) groups excluding carboxylic acids is 1. The van der Waals surface area contributed by atoms with Crippen molar-refractivity contribution >= 4 is 22.5 Å². The average Bonchev–Trinajstić information content (AvgIpc) is 2.73. The summed E-state index contributed by atoms with van der Waals surface area (Å²) in [6.45, 7) is 0. The molecule has 0 aliphatic rings. The second kappa shape index (κ2) is 7.55. The van der Waals surface area contributed by atoms with Gasteiger partial charge in [0.15, 0.2) is 0 Å². The van der Waals surface area contributed by atoms with E-state index in [-0.39, 0.29) is 17.0 Å². The van der Waals surface area contributed by atoms with Gasteiger partial charge in [-0.2, -0.15) is 13.2 Å². The molecule has 4 nitrogen and oxygen atoms in total. The van der Waals surface area contributed by atoms with Crippen LogP contribution in [0.3, 0.4) is 0 Å². The van der Waals surface area contributed by atoms with Crippen molar-refractivity contribution in [2.75, 3.05) is 5.32 Å². The molecule has 0 radical (unpaired) electrons. The van der Waals surface area contributed by atoms with Gasteiger partial charge in [-0.15, -0.1) is 0 Å². The highest BCUT2D eigenvalue weighted by Gasteiger charge is 2.31. The molecular weight excluding hydrogens is 398 g/mol. The lowest BCUT2D eigenvalue weighted by atomic mass is 10.1. The maximum Gasteiger partial charge on any atom is 0.416 e. The van der Waals surface area contributed by atoms with Gasteiger partial charge in [0.25, 0.3) is 5.91 Å². The third-order valence-corrected chi connectivity index (χ3v) is 4.39. The molecule has 1 N–H and O–H groups in total. The molecule has 30 heavy (non-hydrogen) atoms. The van der Waals surface area contributed by atoms with Crippen LogP contribution in [0.2, 0.25) is 0 Å². The van der Waals surface area contributed by atoms with E-state index in [1.165, 1.54) is 12.3 Å². The molecule has 1 amide bonds. The molecule has 2 aromatic heterocycles. The second-order valence-electron chi connectivity index (χ2n) is 6.47. The summed E-state index contributed by atoms with van der Waals surface area (Å²) in [6, 6.07) is 15.4. The molecule has 0 aliphatic carbocycles. The Kier molecular flexibility index (Phi) is 4.91. The van der Waals surface area contributed by atoms with Gasteiger partial charge in [-0.05, 0) is 42.5 Å². The zero-order chi connectivity index (χ0) is 21.3. The van der Waals surface area contributed by atoms with E-state index in [1.807, 2.05) is 0 Å².